The van der Waals surface area contributed by atoms with Gasteiger partial charge in [-0.3, -0.25) is 0 Å². The molecule has 136 valence electrons. The molecule has 3 atom stereocenters. The van der Waals surface area contributed by atoms with Crippen molar-refractivity contribution in [3.8, 4) is 11.5 Å². The third-order valence-electron chi connectivity index (χ3n) is 7.55. The van der Waals surface area contributed by atoms with Crippen LogP contribution in [0.25, 0.3) is 0 Å². The van der Waals surface area contributed by atoms with Crippen LogP contribution in [-0.4, -0.2) is 14.2 Å². The number of fused-ring (bicyclic) bond motifs is 2. The van der Waals surface area contributed by atoms with E-state index in [2.05, 4.69) is 38.1 Å². The summed E-state index contributed by atoms with van der Waals surface area (Å²) >= 11 is 0. The van der Waals surface area contributed by atoms with Gasteiger partial charge in [-0.15, -0.1) is 0 Å². The fourth-order valence-electron chi connectivity index (χ4n) is 6.69. The monoisotopic (exact) mass is 348 g/mol. The van der Waals surface area contributed by atoms with Crippen molar-refractivity contribution >= 4 is 0 Å². The van der Waals surface area contributed by atoms with Crippen molar-refractivity contribution in [2.24, 2.45) is 11.8 Å². The summed E-state index contributed by atoms with van der Waals surface area (Å²) in [5.74, 6) is 3.53. The Bertz CT molecular complexity index is 898. The van der Waals surface area contributed by atoms with E-state index in [4.69, 9.17) is 9.47 Å². The third-order valence-corrected chi connectivity index (χ3v) is 7.55. The Morgan fingerprint density at radius 2 is 1.38 bits per heavy atom. The van der Waals surface area contributed by atoms with Crippen molar-refractivity contribution in [3.05, 3.63) is 57.6 Å². The molecule has 0 aromatic heterocycles. The summed E-state index contributed by atoms with van der Waals surface area (Å²) in [6.45, 7) is 4.57. The first-order valence-corrected chi connectivity index (χ1v) is 9.96. The summed E-state index contributed by atoms with van der Waals surface area (Å²) in [6, 6.07) is 8.88. The van der Waals surface area contributed by atoms with E-state index in [1.54, 1.807) is 11.1 Å². The molecule has 1 saturated carbocycles. The molecule has 3 aliphatic carbocycles. The van der Waals surface area contributed by atoms with Gasteiger partial charge in [0.15, 0.2) is 0 Å². The molecule has 3 aliphatic rings. The van der Waals surface area contributed by atoms with Crippen LogP contribution in [0.3, 0.4) is 0 Å². The van der Waals surface area contributed by atoms with Gasteiger partial charge in [0.05, 0.1) is 14.2 Å². The van der Waals surface area contributed by atoms with Gasteiger partial charge in [0.2, 0.25) is 0 Å². The fraction of sp³-hybridized carbons (Fsp3) is 0.500. The highest BCUT2D eigenvalue weighted by Crippen LogP contribution is 2.66. The van der Waals surface area contributed by atoms with E-state index in [1.165, 1.54) is 47.9 Å². The van der Waals surface area contributed by atoms with Crippen molar-refractivity contribution in [2.75, 3.05) is 14.2 Å². The zero-order chi connectivity index (χ0) is 18.1. The summed E-state index contributed by atoms with van der Waals surface area (Å²) < 4.78 is 11.7. The smallest absolute Gasteiger partial charge is 0.123 e. The van der Waals surface area contributed by atoms with Crippen LogP contribution in [0.2, 0.25) is 0 Å². The zero-order valence-electron chi connectivity index (χ0n) is 16.3. The normalized spacial score (nSPS) is 28.2. The Labute approximate surface area is 156 Å². The van der Waals surface area contributed by atoms with Gasteiger partial charge >= 0.3 is 0 Å². The minimum Gasteiger partial charge on any atom is -0.496 e. The van der Waals surface area contributed by atoms with Gasteiger partial charge < -0.3 is 9.47 Å². The molecule has 0 N–H and O–H groups in total. The summed E-state index contributed by atoms with van der Waals surface area (Å²) in [7, 11) is 3.65. The van der Waals surface area contributed by atoms with Crippen molar-refractivity contribution in [2.45, 2.75) is 51.4 Å². The molecule has 2 aromatic rings. The van der Waals surface area contributed by atoms with E-state index in [-0.39, 0.29) is 5.41 Å². The molecule has 5 rings (SSSR count). The van der Waals surface area contributed by atoms with Gasteiger partial charge in [-0.1, -0.05) is 18.6 Å². The molecule has 0 heterocycles. The largest absolute Gasteiger partial charge is 0.496 e. The summed E-state index contributed by atoms with van der Waals surface area (Å²) in [4.78, 5) is 0. The van der Waals surface area contributed by atoms with Gasteiger partial charge in [0.25, 0.3) is 0 Å². The molecule has 1 fully saturated rings. The lowest BCUT2D eigenvalue weighted by molar-refractivity contribution is 0.172. The molecular weight excluding hydrogens is 320 g/mol. The number of ether oxygens (including phenoxy) is 2. The van der Waals surface area contributed by atoms with Crippen molar-refractivity contribution in [1.29, 1.82) is 0 Å². The fourth-order valence-corrected chi connectivity index (χ4v) is 6.69. The SMILES string of the molecule is COc1ccc(C)c2c1C[C@@H]1CCC[C@H]3Cc4c(C)ccc(OC)c4C213. The predicted molar refractivity (Wildman–Crippen MR) is 104 cm³/mol. The predicted octanol–water partition coefficient (Wildman–Crippen LogP) is 5.14. The average molecular weight is 348 g/mol. The first-order valence-electron chi connectivity index (χ1n) is 9.96. The van der Waals surface area contributed by atoms with E-state index in [0.29, 0.717) is 11.8 Å². The number of methoxy groups -OCH3 is 2. The average Bonchev–Trinajstić information content (AvgIpc) is 3.18. The van der Waals surface area contributed by atoms with Crippen LogP contribution in [0.1, 0.15) is 52.6 Å². The van der Waals surface area contributed by atoms with Crippen LogP contribution in [0.4, 0.5) is 0 Å². The number of rotatable bonds is 2. The maximum Gasteiger partial charge on any atom is 0.123 e. The van der Waals surface area contributed by atoms with Crippen LogP contribution in [0.5, 0.6) is 11.5 Å². The van der Waals surface area contributed by atoms with Crippen LogP contribution in [0.15, 0.2) is 24.3 Å². The second-order valence-electron chi connectivity index (χ2n) is 8.48. The lowest BCUT2D eigenvalue weighted by atomic mass is 9.58. The van der Waals surface area contributed by atoms with Crippen molar-refractivity contribution < 1.29 is 9.47 Å². The molecule has 26 heavy (non-hydrogen) atoms. The number of aryl methyl sites for hydroxylation is 2. The molecule has 0 bridgehead atoms. The zero-order valence-corrected chi connectivity index (χ0v) is 16.3. The topological polar surface area (TPSA) is 18.5 Å². The second-order valence-corrected chi connectivity index (χ2v) is 8.48. The summed E-state index contributed by atoms with van der Waals surface area (Å²) in [6.07, 6.45) is 6.33. The molecule has 1 spiro atoms. The maximum atomic E-state index is 5.94. The van der Waals surface area contributed by atoms with Gasteiger partial charge in [-0.05, 0) is 91.3 Å². The second kappa shape index (κ2) is 5.52. The first-order chi connectivity index (χ1) is 12.6. The molecule has 2 heteroatoms. The molecule has 0 radical (unpaired) electrons. The van der Waals surface area contributed by atoms with Crippen LogP contribution in [0, 0.1) is 25.7 Å². The Balaban J connectivity index is 1.89. The minimum atomic E-state index is 0.124. The molecular formula is C24H28O2. The molecule has 0 saturated heterocycles. The standard InChI is InChI=1S/C24H28O2/c1-14-8-11-21(26-4)23-18(14)12-16-6-5-7-17-13-19-20(25-3)10-9-15(2)22(19)24(16,17)23/h8-11,16-17H,5-7,12-13H2,1-4H3/t16-,17-,24?/m0/s1. The minimum absolute atomic E-state index is 0.124. The van der Waals surface area contributed by atoms with Crippen molar-refractivity contribution in [1.82, 2.24) is 0 Å². The van der Waals surface area contributed by atoms with Gasteiger partial charge in [-0.2, -0.15) is 0 Å². The van der Waals surface area contributed by atoms with E-state index in [0.717, 1.165) is 17.9 Å². The first kappa shape index (κ1) is 16.2. The highest BCUT2D eigenvalue weighted by molar-refractivity contribution is 5.66. The van der Waals surface area contributed by atoms with Crippen LogP contribution in [-0.2, 0) is 18.3 Å². The molecule has 2 nitrogen and oxygen atoms in total. The van der Waals surface area contributed by atoms with E-state index in [1.807, 2.05) is 14.2 Å². The molecule has 2 aromatic carbocycles. The molecule has 1 unspecified atom stereocenters. The van der Waals surface area contributed by atoms with Gasteiger partial charge in [-0.25, -0.2) is 0 Å². The number of hydrogen-bond donors (Lipinski definition) is 0. The number of benzene rings is 2. The molecule has 0 amide bonds. The quantitative estimate of drug-likeness (QED) is 0.748. The Morgan fingerprint density at radius 1 is 0.769 bits per heavy atom. The maximum absolute atomic E-state index is 5.94. The molecule has 0 aliphatic heterocycles. The Hall–Kier alpha value is -1.96. The summed E-state index contributed by atoms with van der Waals surface area (Å²) in [5.41, 5.74) is 9.05. The Kier molecular flexibility index (Phi) is 3.44. The van der Waals surface area contributed by atoms with E-state index >= 15 is 0 Å². The van der Waals surface area contributed by atoms with E-state index in [9.17, 15) is 0 Å². The number of hydrogen-bond acceptors (Lipinski definition) is 2. The van der Waals surface area contributed by atoms with E-state index < -0.39 is 0 Å². The highest BCUT2D eigenvalue weighted by atomic mass is 16.5. The third kappa shape index (κ3) is 1.78. The summed E-state index contributed by atoms with van der Waals surface area (Å²) in [5, 5.41) is 0. The lowest BCUT2D eigenvalue weighted by Gasteiger charge is -2.44. The van der Waals surface area contributed by atoms with Crippen molar-refractivity contribution in [3.63, 3.8) is 0 Å². The van der Waals surface area contributed by atoms with Gasteiger partial charge in [0, 0.05) is 11.0 Å². The van der Waals surface area contributed by atoms with Crippen LogP contribution < -0.4 is 9.47 Å². The Morgan fingerprint density at radius 3 is 2.08 bits per heavy atom. The highest BCUT2D eigenvalue weighted by Gasteiger charge is 2.60. The van der Waals surface area contributed by atoms with Gasteiger partial charge in [0.1, 0.15) is 11.5 Å². The van der Waals surface area contributed by atoms with Crippen LogP contribution >= 0.6 is 0 Å². The lowest BCUT2D eigenvalue weighted by Crippen LogP contribution is -2.41.